The number of hydrogen-bond donors (Lipinski definition) is 1. The Kier molecular flexibility index (Phi) is 7.05. The van der Waals surface area contributed by atoms with E-state index in [2.05, 4.69) is 10.2 Å². The molecule has 0 radical (unpaired) electrons. The van der Waals surface area contributed by atoms with Crippen LogP contribution in [0.4, 0.5) is 0 Å². The van der Waals surface area contributed by atoms with Crippen molar-refractivity contribution >= 4 is 10.0 Å². The topological polar surface area (TPSA) is 61.9 Å². The van der Waals surface area contributed by atoms with Crippen LogP contribution in [0, 0.1) is 5.92 Å². The fourth-order valence-corrected chi connectivity index (χ4v) is 5.53. The van der Waals surface area contributed by atoms with Gasteiger partial charge in [0.25, 0.3) is 0 Å². The van der Waals surface area contributed by atoms with Gasteiger partial charge in [-0.25, -0.2) is 8.42 Å². The number of sulfonamides is 1. The van der Waals surface area contributed by atoms with Crippen LogP contribution in [-0.4, -0.2) is 70.5 Å². The van der Waals surface area contributed by atoms with Crippen LogP contribution < -0.4 is 5.32 Å². The highest BCUT2D eigenvalue weighted by Crippen LogP contribution is 2.23. The minimum absolute atomic E-state index is 0.311. The second kappa shape index (κ2) is 9.28. The second-order valence-corrected chi connectivity index (χ2v) is 9.17. The lowest BCUT2D eigenvalue weighted by molar-refractivity contribution is 0.171. The van der Waals surface area contributed by atoms with E-state index in [4.69, 9.17) is 4.74 Å². The number of nitrogens with one attached hydrogen (secondary N) is 1. The molecule has 0 saturated carbocycles. The first-order valence-electron chi connectivity index (χ1n) is 9.61. The van der Waals surface area contributed by atoms with Gasteiger partial charge in [-0.15, -0.1) is 0 Å². The summed E-state index contributed by atoms with van der Waals surface area (Å²) in [4.78, 5) is 2.79. The zero-order valence-electron chi connectivity index (χ0n) is 15.7. The molecule has 3 rings (SSSR count). The Morgan fingerprint density at radius 3 is 2.50 bits per heavy atom. The molecule has 146 valence electrons. The predicted molar refractivity (Wildman–Crippen MR) is 103 cm³/mol. The zero-order chi connectivity index (χ0) is 18.4. The van der Waals surface area contributed by atoms with Gasteiger partial charge >= 0.3 is 0 Å². The van der Waals surface area contributed by atoms with Crippen molar-refractivity contribution in [1.29, 1.82) is 0 Å². The normalized spacial score (nSPS) is 21.1. The summed E-state index contributed by atoms with van der Waals surface area (Å²) in [5, 5.41) is 3.41. The number of ether oxygens (including phenoxy) is 1. The fraction of sp³-hybridized carbons (Fsp3) is 0.684. The van der Waals surface area contributed by atoms with E-state index in [1.807, 2.05) is 12.1 Å². The highest BCUT2D eigenvalue weighted by molar-refractivity contribution is 7.89. The Morgan fingerprint density at radius 1 is 1.12 bits per heavy atom. The van der Waals surface area contributed by atoms with Crippen LogP contribution >= 0.6 is 0 Å². The minimum Gasteiger partial charge on any atom is -0.380 e. The van der Waals surface area contributed by atoms with Gasteiger partial charge in [-0.05, 0) is 56.4 Å². The molecule has 2 aliphatic rings. The molecule has 1 N–H and O–H groups in total. The maximum Gasteiger partial charge on any atom is 0.243 e. The zero-order valence-corrected chi connectivity index (χ0v) is 16.5. The van der Waals surface area contributed by atoms with Crippen molar-refractivity contribution in [3.05, 3.63) is 29.8 Å². The van der Waals surface area contributed by atoms with Gasteiger partial charge in [-0.1, -0.05) is 18.2 Å². The van der Waals surface area contributed by atoms with Gasteiger partial charge < -0.3 is 15.0 Å². The standard InChI is InChI=1S/C19H31N3O3S/c1-25-16-18-4-2-3-5-19(18)26(23,24)22-14-12-21(13-15-22)11-8-17-6-9-20-10-7-17/h2-5,17,20H,6-16H2,1H3. The lowest BCUT2D eigenvalue weighted by atomic mass is 9.94. The van der Waals surface area contributed by atoms with Crippen LogP contribution in [0.1, 0.15) is 24.8 Å². The molecule has 0 unspecified atom stereocenters. The number of piperidine rings is 1. The molecule has 0 aromatic heterocycles. The third-order valence-electron chi connectivity index (χ3n) is 5.53. The predicted octanol–water partition coefficient (Wildman–Crippen LogP) is 1.53. The van der Waals surface area contributed by atoms with Crippen molar-refractivity contribution in [2.24, 2.45) is 5.92 Å². The van der Waals surface area contributed by atoms with Crippen molar-refractivity contribution in [3.8, 4) is 0 Å². The Balaban J connectivity index is 1.55. The first kappa shape index (κ1) is 19.8. The molecule has 0 atom stereocenters. The maximum absolute atomic E-state index is 13.0. The summed E-state index contributed by atoms with van der Waals surface area (Å²) < 4.78 is 32.9. The molecule has 0 amide bonds. The van der Waals surface area contributed by atoms with Gasteiger partial charge in [0.15, 0.2) is 0 Å². The molecule has 1 aromatic carbocycles. The smallest absolute Gasteiger partial charge is 0.243 e. The third kappa shape index (κ3) is 4.84. The highest BCUT2D eigenvalue weighted by Gasteiger charge is 2.30. The van der Waals surface area contributed by atoms with Gasteiger partial charge in [0.05, 0.1) is 11.5 Å². The van der Waals surface area contributed by atoms with Crippen LogP contribution in [0.3, 0.4) is 0 Å². The monoisotopic (exact) mass is 381 g/mol. The number of methoxy groups -OCH3 is 1. The van der Waals surface area contributed by atoms with E-state index in [1.54, 1.807) is 23.5 Å². The summed E-state index contributed by atoms with van der Waals surface area (Å²) in [5.41, 5.74) is 0.725. The molecule has 7 heteroatoms. The summed E-state index contributed by atoms with van der Waals surface area (Å²) in [5.74, 6) is 0.818. The third-order valence-corrected chi connectivity index (χ3v) is 7.53. The average Bonchev–Trinajstić information content (AvgIpc) is 2.68. The summed E-state index contributed by atoms with van der Waals surface area (Å²) in [7, 11) is -1.87. The van der Waals surface area contributed by atoms with E-state index in [0.29, 0.717) is 24.6 Å². The van der Waals surface area contributed by atoms with E-state index in [9.17, 15) is 8.42 Å². The van der Waals surface area contributed by atoms with E-state index in [1.165, 1.54) is 19.3 Å². The van der Waals surface area contributed by atoms with Crippen molar-refractivity contribution in [1.82, 2.24) is 14.5 Å². The molecule has 26 heavy (non-hydrogen) atoms. The molecule has 0 bridgehead atoms. The summed E-state index contributed by atoms with van der Waals surface area (Å²) in [6.07, 6.45) is 3.76. The first-order chi connectivity index (χ1) is 12.6. The summed E-state index contributed by atoms with van der Waals surface area (Å²) >= 11 is 0. The van der Waals surface area contributed by atoms with Crippen LogP contribution in [0.15, 0.2) is 29.2 Å². The Morgan fingerprint density at radius 2 is 1.81 bits per heavy atom. The van der Waals surface area contributed by atoms with E-state index < -0.39 is 10.0 Å². The van der Waals surface area contributed by atoms with Crippen molar-refractivity contribution in [2.45, 2.75) is 30.8 Å². The van der Waals surface area contributed by atoms with Crippen LogP contribution in [0.5, 0.6) is 0 Å². The Bertz CT molecular complexity index is 666. The largest absolute Gasteiger partial charge is 0.380 e. The SMILES string of the molecule is COCc1ccccc1S(=O)(=O)N1CCN(CCC2CCNCC2)CC1. The van der Waals surface area contributed by atoms with Gasteiger partial charge in [0, 0.05) is 33.3 Å². The molecule has 0 aliphatic carbocycles. The maximum atomic E-state index is 13.0. The van der Waals surface area contributed by atoms with Crippen LogP contribution in [0.2, 0.25) is 0 Å². The number of nitrogens with zero attached hydrogens (tertiary/aromatic N) is 2. The van der Waals surface area contributed by atoms with Crippen LogP contribution in [0.25, 0.3) is 0 Å². The van der Waals surface area contributed by atoms with Gasteiger partial charge in [0.2, 0.25) is 10.0 Å². The molecule has 2 heterocycles. The minimum atomic E-state index is -3.46. The van der Waals surface area contributed by atoms with Crippen molar-refractivity contribution in [3.63, 3.8) is 0 Å². The van der Waals surface area contributed by atoms with Gasteiger partial charge in [-0.2, -0.15) is 4.31 Å². The molecule has 1 aromatic rings. The summed E-state index contributed by atoms with van der Waals surface area (Å²) in [6.45, 7) is 6.43. The first-order valence-corrected chi connectivity index (χ1v) is 11.1. The molecule has 6 nitrogen and oxygen atoms in total. The fourth-order valence-electron chi connectivity index (χ4n) is 3.90. The average molecular weight is 382 g/mol. The van der Waals surface area contributed by atoms with Crippen LogP contribution in [-0.2, 0) is 21.4 Å². The number of piperazine rings is 1. The van der Waals surface area contributed by atoms with Crippen molar-refractivity contribution < 1.29 is 13.2 Å². The van der Waals surface area contributed by atoms with Gasteiger partial charge in [0.1, 0.15) is 0 Å². The van der Waals surface area contributed by atoms with Crippen molar-refractivity contribution in [2.75, 3.05) is 52.9 Å². The highest BCUT2D eigenvalue weighted by atomic mass is 32.2. The molecular weight excluding hydrogens is 350 g/mol. The molecule has 0 spiro atoms. The Labute approximate surface area is 157 Å². The number of rotatable bonds is 7. The quantitative estimate of drug-likeness (QED) is 0.776. The molecular formula is C19H31N3O3S. The Hall–Kier alpha value is -0.990. The molecule has 2 aliphatic heterocycles. The number of hydrogen-bond acceptors (Lipinski definition) is 5. The van der Waals surface area contributed by atoms with E-state index in [-0.39, 0.29) is 0 Å². The van der Waals surface area contributed by atoms with E-state index >= 15 is 0 Å². The summed E-state index contributed by atoms with van der Waals surface area (Å²) in [6, 6.07) is 7.15. The van der Waals surface area contributed by atoms with Gasteiger partial charge in [-0.3, -0.25) is 0 Å². The number of benzene rings is 1. The molecule has 2 saturated heterocycles. The second-order valence-electron chi connectivity index (χ2n) is 7.27. The lowest BCUT2D eigenvalue weighted by Gasteiger charge is -2.35. The molecule has 2 fully saturated rings. The van der Waals surface area contributed by atoms with E-state index in [0.717, 1.165) is 44.2 Å². The lowest BCUT2D eigenvalue weighted by Crippen LogP contribution is -2.49.